The summed E-state index contributed by atoms with van der Waals surface area (Å²) in [4.78, 5) is 15.2. The van der Waals surface area contributed by atoms with Gasteiger partial charge in [-0.2, -0.15) is 9.40 Å². The smallest absolute Gasteiger partial charge is 0.263 e. The minimum absolute atomic E-state index is 0.00211. The summed E-state index contributed by atoms with van der Waals surface area (Å²) in [6.07, 6.45) is 1.43. The van der Waals surface area contributed by atoms with Crippen LogP contribution in [-0.4, -0.2) is 61.7 Å². The molecule has 4 rings (SSSR count). The summed E-state index contributed by atoms with van der Waals surface area (Å²) in [5.74, 6) is 0.0347. The summed E-state index contributed by atoms with van der Waals surface area (Å²) in [7, 11) is -0.825. The predicted molar refractivity (Wildman–Crippen MR) is 131 cm³/mol. The van der Waals surface area contributed by atoms with Gasteiger partial charge in [-0.1, -0.05) is 18.2 Å². The van der Waals surface area contributed by atoms with Crippen LogP contribution in [-0.2, 0) is 17.1 Å². The number of carbonyl (C=O) groups excluding carboxylic acids is 1. The van der Waals surface area contributed by atoms with E-state index < -0.39 is 15.9 Å². The first-order chi connectivity index (χ1) is 16.2. The second-order valence-corrected chi connectivity index (χ2v) is 10.2. The topological polar surface area (TPSA) is 96.8 Å². The maximum atomic E-state index is 13.5. The highest BCUT2D eigenvalue weighted by molar-refractivity contribution is 7.89. The van der Waals surface area contributed by atoms with Crippen molar-refractivity contribution in [3.63, 3.8) is 0 Å². The Balaban J connectivity index is 1.53. The lowest BCUT2D eigenvalue weighted by Crippen LogP contribution is -2.49. The number of aryl methyl sites for hydroxylation is 2. The van der Waals surface area contributed by atoms with Crippen LogP contribution in [0.4, 0.5) is 11.4 Å². The number of sulfonamides is 1. The Hall–Kier alpha value is -3.37. The van der Waals surface area contributed by atoms with Gasteiger partial charge in [0, 0.05) is 56.9 Å². The van der Waals surface area contributed by atoms with Crippen molar-refractivity contribution in [2.45, 2.75) is 18.9 Å². The molecule has 10 heteroatoms. The zero-order chi connectivity index (χ0) is 24.5. The number of hydrogen-bond acceptors (Lipinski definition) is 6. The van der Waals surface area contributed by atoms with E-state index in [9.17, 15) is 13.2 Å². The number of hydrogen-bond donors (Lipinski definition) is 1. The molecule has 1 aliphatic rings. The first-order valence-electron chi connectivity index (χ1n) is 11.0. The van der Waals surface area contributed by atoms with E-state index in [0.717, 1.165) is 5.69 Å². The van der Waals surface area contributed by atoms with Crippen LogP contribution in [0.3, 0.4) is 0 Å². The van der Waals surface area contributed by atoms with Gasteiger partial charge >= 0.3 is 0 Å². The number of nitrogens with zero attached hydrogens (tertiary/aromatic N) is 4. The van der Waals surface area contributed by atoms with E-state index in [1.165, 1.54) is 33.4 Å². The molecule has 34 heavy (non-hydrogen) atoms. The average molecular weight is 484 g/mol. The fraction of sp³-hybridized carbons (Fsp3) is 0.333. The number of benzene rings is 2. The van der Waals surface area contributed by atoms with E-state index in [2.05, 4.69) is 41.3 Å². The van der Waals surface area contributed by atoms with Gasteiger partial charge < -0.3 is 15.0 Å². The van der Waals surface area contributed by atoms with Gasteiger partial charge in [-0.05, 0) is 43.2 Å². The van der Waals surface area contributed by atoms with Crippen molar-refractivity contribution >= 4 is 27.3 Å². The van der Waals surface area contributed by atoms with E-state index in [-0.39, 0.29) is 10.6 Å². The van der Waals surface area contributed by atoms with Crippen LogP contribution in [0.15, 0.2) is 53.7 Å². The highest BCUT2D eigenvalue weighted by Crippen LogP contribution is 2.27. The van der Waals surface area contributed by atoms with E-state index >= 15 is 0 Å². The Morgan fingerprint density at radius 3 is 2.47 bits per heavy atom. The number of rotatable bonds is 6. The number of anilines is 2. The number of carbonyl (C=O) groups is 1. The largest absolute Gasteiger partial charge is 0.497 e. The lowest BCUT2D eigenvalue weighted by molar-refractivity contribution is 0.102. The first-order valence-corrected chi connectivity index (χ1v) is 12.4. The summed E-state index contributed by atoms with van der Waals surface area (Å²) in [6, 6.07) is 13.0. The molecule has 0 unspecified atom stereocenters. The average Bonchev–Trinajstić information content (AvgIpc) is 3.24. The van der Waals surface area contributed by atoms with Crippen molar-refractivity contribution in [3.05, 3.63) is 65.4 Å². The van der Waals surface area contributed by atoms with Gasteiger partial charge in [0.15, 0.2) is 0 Å². The first kappa shape index (κ1) is 23.8. The number of amides is 1. The quantitative estimate of drug-likeness (QED) is 0.579. The zero-order valence-corrected chi connectivity index (χ0v) is 20.6. The molecule has 180 valence electrons. The number of ether oxygens (including phenoxy) is 1. The van der Waals surface area contributed by atoms with Crippen molar-refractivity contribution in [1.29, 1.82) is 0 Å². The predicted octanol–water partition coefficient (Wildman–Crippen LogP) is 2.81. The molecular weight excluding hydrogens is 454 g/mol. The number of aromatic nitrogens is 2. The van der Waals surface area contributed by atoms with E-state index in [1.807, 2.05) is 6.07 Å². The Morgan fingerprint density at radius 2 is 1.76 bits per heavy atom. The third-order valence-electron chi connectivity index (χ3n) is 6.11. The molecule has 1 aromatic heterocycles. The van der Waals surface area contributed by atoms with Crippen LogP contribution in [0.25, 0.3) is 0 Å². The summed E-state index contributed by atoms with van der Waals surface area (Å²) < 4.78 is 34.9. The molecule has 1 amide bonds. The van der Waals surface area contributed by atoms with Crippen LogP contribution in [0.5, 0.6) is 5.75 Å². The Kier molecular flexibility index (Phi) is 6.63. The number of methoxy groups -OCH3 is 1. The molecule has 1 aliphatic heterocycles. The van der Waals surface area contributed by atoms with E-state index in [0.29, 0.717) is 37.6 Å². The molecule has 0 bridgehead atoms. The van der Waals surface area contributed by atoms with E-state index in [4.69, 9.17) is 4.74 Å². The second kappa shape index (κ2) is 9.47. The molecule has 0 saturated carbocycles. The van der Waals surface area contributed by atoms with Crippen LogP contribution in [0.2, 0.25) is 0 Å². The van der Waals surface area contributed by atoms with Gasteiger partial charge in [0.2, 0.25) is 5.03 Å². The molecular formula is C24H29N5O4S. The lowest BCUT2D eigenvalue weighted by atomic mass is 10.1. The van der Waals surface area contributed by atoms with Gasteiger partial charge in [-0.15, -0.1) is 0 Å². The van der Waals surface area contributed by atoms with E-state index in [1.54, 1.807) is 31.3 Å². The monoisotopic (exact) mass is 483 g/mol. The Bertz CT molecular complexity index is 1310. The Morgan fingerprint density at radius 1 is 1.06 bits per heavy atom. The Labute approximate surface area is 200 Å². The van der Waals surface area contributed by atoms with Gasteiger partial charge in [0.05, 0.1) is 12.7 Å². The summed E-state index contributed by atoms with van der Waals surface area (Å²) in [6.45, 7) is 5.88. The maximum absolute atomic E-state index is 13.5. The van der Waals surface area contributed by atoms with Crippen LogP contribution >= 0.6 is 0 Å². The SMILES string of the molecule is COc1cccc(NC(=O)c2cn(C)nc2S(=O)(=O)N2CCN(c3cccc(C)c3C)CC2)c1. The lowest BCUT2D eigenvalue weighted by Gasteiger charge is -2.36. The van der Waals surface area contributed by atoms with Gasteiger partial charge in [-0.25, -0.2) is 8.42 Å². The highest BCUT2D eigenvalue weighted by atomic mass is 32.2. The third kappa shape index (κ3) is 4.64. The fourth-order valence-electron chi connectivity index (χ4n) is 4.08. The van der Waals surface area contributed by atoms with Crippen molar-refractivity contribution < 1.29 is 17.9 Å². The molecule has 0 spiro atoms. The molecule has 1 saturated heterocycles. The molecule has 2 aromatic carbocycles. The normalized spacial score (nSPS) is 14.8. The molecule has 9 nitrogen and oxygen atoms in total. The summed E-state index contributed by atoms with van der Waals surface area (Å²) in [5, 5.41) is 6.64. The molecule has 1 fully saturated rings. The number of piperazine rings is 1. The van der Waals surface area contributed by atoms with Crippen molar-refractivity contribution in [2.75, 3.05) is 43.5 Å². The van der Waals surface area contributed by atoms with Crippen molar-refractivity contribution in [3.8, 4) is 5.75 Å². The molecule has 0 radical (unpaired) electrons. The highest BCUT2D eigenvalue weighted by Gasteiger charge is 2.34. The third-order valence-corrected chi connectivity index (χ3v) is 7.94. The van der Waals surface area contributed by atoms with Crippen molar-refractivity contribution in [1.82, 2.24) is 14.1 Å². The minimum atomic E-state index is -3.96. The molecule has 1 N–H and O–H groups in total. The summed E-state index contributed by atoms with van der Waals surface area (Å²) in [5.41, 5.74) is 4.02. The minimum Gasteiger partial charge on any atom is -0.497 e. The van der Waals surface area contributed by atoms with Crippen LogP contribution in [0, 0.1) is 13.8 Å². The zero-order valence-electron chi connectivity index (χ0n) is 19.8. The molecule has 2 heterocycles. The molecule has 0 aliphatic carbocycles. The van der Waals surface area contributed by atoms with Gasteiger partial charge in [0.25, 0.3) is 15.9 Å². The fourth-order valence-corrected chi connectivity index (χ4v) is 5.63. The van der Waals surface area contributed by atoms with Crippen molar-refractivity contribution in [2.24, 2.45) is 7.05 Å². The maximum Gasteiger partial charge on any atom is 0.263 e. The second-order valence-electron chi connectivity index (χ2n) is 8.32. The summed E-state index contributed by atoms with van der Waals surface area (Å²) >= 11 is 0. The standard InChI is InChI=1S/C24H29N5O4S/c1-17-7-5-10-22(18(17)2)28-11-13-29(14-12-28)34(31,32)24-21(16-27(3)26-24)23(30)25-19-8-6-9-20(15-19)33-4/h5-10,15-16H,11-14H2,1-4H3,(H,25,30). The van der Waals surface area contributed by atoms with Gasteiger partial charge in [-0.3, -0.25) is 9.48 Å². The molecule has 0 atom stereocenters. The molecule has 3 aromatic rings. The van der Waals surface area contributed by atoms with Gasteiger partial charge in [0.1, 0.15) is 5.75 Å². The van der Waals surface area contributed by atoms with Crippen LogP contribution < -0.4 is 15.0 Å². The number of nitrogens with one attached hydrogen (secondary N) is 1. The van der Waals surface area contributed by atoms with Crippen LogP contribution in [0.1, 0.15) is 21.5 Å².